The Hall–Kier alpha value is -3.61. The second-order valence-electron chi connectivity index (χ2n) is 6.89. The molecule has 1 aromatic heterocycles. The third kappa shape index (κ3) is 7.97. The van der Waals surface area contributed by atoms with E-state index < -0.39 is 0 Å². The van der Waals surface area contributed by atoms with Crippen LogP contribution in [0.3, 0.4) is 0 Å². The molecule has 0 radical (unpaired) electrons. The van der Waals surface area contributed by atoms with Crippen LogP contribution in [0, 0.1) is 13.8 Å². The van der Waals surface area contributed by atoms with Crippen LogP contribution >= 0.6 is 0 Å². The molecule has 3 rings (SSSR count). The smallest absolute Gasteiger partial charge is 0.228 e. The van der Waals surface area contributed by atoms with E-state index in [1.807, 2.05) is 19.2 Å². The highest BCUT2D eigenvalue weighted by atomic mass is 16.3. The standard InChI is InChI=1S/C13H14N4O2.C8H11N.C3H8/c1-8-12(13(14)16-7-15-8)17(9(2)18)10-3-5-11(19)6-4-10;1-7-4-3-5-8(6-7)9-2;1-3-2/h3-7,19H,1-2H3,(H2,14,15,16);3-6,9H,1-2H3;3H2,1-2H3. The van der Waals surface area contributed by atoms with E-state index >= 15 is 0 Å². The van der Waals surface area contributed by atoms with Crippen molar-refractivity contribution in [3.63, 3.8) is 0 Å². The zero-order chi connectivity index (χ0) is 23.4. The van der Waals surface area contributed by atoms with Crippen molar-refractivity contribution in [2.24, 2.45) is 0 Å². The first-order chi connectivity index (χ1) is 14.7. The van der Waals surface area contributed by atoms with Gasteiger partial charge in [-0.25, -0.2) is 9.97 Å². The van der Waals surface area contributed by atoms with Gasteiger partial charge in [-0.05, 0) is 55.8 Å². The summed E-state index contributed by atoms with van der Waals surface area (Å²) in [7, 11) is 1.93. The highest BCUT2D eigenvalue weighted by Crippen LogP contribution is 2.32. The molecule has 0 saturated carbocycles. The van der Waals surface area contributed by atoms with E-state index in [9.17, 15) is 9.90 Å². The number of phenolic OH excluding ortho intramolecular Hbond substituents is 1. The second kappa shape index (κ2) is 12.8. The van der Waals surface area contributed by atoms with Crippen LogP contribution in [0.4, 0.5) is 22.9 Å². The first-order valence-electron chi connectivity index (χ1n) is 10.2. The van der Waals surface area contributed by atoms with Crippen molar-refractivity contribution in [2.45, 2.75) is 41.0 Å². The van der Waals surface area contributed by atoms with Gasteiger partial charge in [0.1, 0.15) is 17.8 Å². The number of aromatic nitrogens is 2. The van der Waals surface area contributed by atoms with Crippen LogP contribution in [-0.4, -0.2) is 28.0 Å². The Kier molecular flexibility index (Phi) is 10.5. The zero-order valence-electron chi connectivity index (χ0n) is 19.2. The van der Waals surface area contributed by atoms with E-state index in [2.05, 4.69) is 48.2 Å². The lowest BCUT2D eigenvalue weighted by atomic mass is 10.2. The van der Waals surface area contributed by atoms with Crippen LogP contribution in [0.15, 0.2) is 54.9 Å². The monoisotopic (exact) mass is 423 g/mol. The summed E-state index contributed by atoms with van der Waals surface area (Å²) in [6.07, 6.45) is 2.60. The Bertz CT molecular complexity index is 938. The highest BCUT2D eigenvalue weighted by molar-refractivity contribution is 6.01. The number of carbonyl (C=O) groups excluding carboxylic acids is 1. The summed E-state index contributed by atoms with van der Waals surface area (Å²) in [6.45, 7) is 9.52. The Morgan fingerprint density at radius 2 is 1.71 bits per heavy atom. The summed E-state index contributed by atoms with van der Waals surface area (Å²) in [5, 5.41) is 12.4. The minimum atomic E-state index is -0.213. The van der Waals surface area contributed by atoms with Gasteiger partial charge in [0.05, 0.1) is 5.69 Å². The van der Waals surface area contributed by atoms with Crippen LogP contribution in [0.5, 0.6) is 5.75 Å². The highest BCUT2D eigenvalue weighted by Gasteiger charge is 2.20. The van der Waals surface area contributed by atoms with Gasteiger partial charge in [0.2, 0.25) is 5.91 Å². The Balaban J connectivity index is 0.000000333. The molecule has 2 aromatic carbocycles. The molecule has 0 saturated heterocycles. The van der Waals surface area contributed by atoms with Crippen molar-refractivity contribution in [3.05, 3.63) is 66.1 Å². The minimum absolute atomic E-state index is 0.126. The lowest BCUT2D eigenvalue weighted by Crippen LogP contribution is -2.25. The van der Waals surface area contributed by atoms with Crippen molar-refractivity contribution < 1.29 is 9.90 Å². The summed E-state index contributed by atoms with van der Waals surface area (Å²) in [5.41, 5.74) is 9.96. The van der Waals surface area contributed by atoms with Gasteiger partial charge in [0.15, 0.2) is 5.82 Å². The molecule has 0 spiro atoms. The van der Waals surface area contributed by atoms with Crippen LogP contribution in [-0.2, 0) is 4.79 Å². The Morgan fingerprint density at radius 1 is 1.10 bits per heavy atom. The molecule has 7 heteroatoms. The Labute approximate surface area is 185 Å². The number of nitrogens with one attached hydrogen (secondary N) is 1. The number of anilines is 4. The maximum absolute atomic E-state index is 11.9. The number of rotatable bonds is 3. The second-order valence-corrected chi connectivity index (χ2v) is 6.89. The maximum Gasteiger partial charge on any atom is 0.228 e. The molecule has 0 aliphatic heterocycles. The van der Waals surface area contributed by atoms with Gasteiger partial charge < -0.3 is 16.2 Å². The molecule has 3 aromatic rings. The maximum atomic E-state index is 11.9. The van der Waals surface area contributed by atoms with Crippen molar-refractivity contribution in [3.8, 4) is 5.75 Å². The average molecular weight is 424 g/mol. The summed E-state index contributed by atoms with van der Waals surface area (Å²) in [4.78, 5) is 21.3. The van der Waals surface area contributed by atoms with E-state index in [0.717, 1.165) is 0 Å². The van der Waals surface area contributed by atoms with Gasteiger partial charge in [0, 0.05) is 25.3 Å². The molecule has 0 fully saturated rings. The van der Waals surface area contributed by atoms with Gasteiger partial charge in [-0.2, -0.15) is 0 Å². The molecule has 31 heavy (non-hydrogen) atoms. The van der Waals surface area contributed by atoms with Gasteiger partial charge >= 0.3 is 0 Å². The fourth-order valence-corrected chi connectivity index (χ4v) is 2.63. The molecular weight excluding hydrogens is 390 g/mol. The normalized spacial score (nSPS) is 9.48. The summed E-state index contributed by atoms with van der Waals surface area (Å²) in [6, 6.07) is 14.5. The van der Waals surface area contributed by atoms with E-state index in [1.165, 1.54) is 48.0 Å². The van der Waals surface area contributed by atoms with E-state index in [1.54, 1.807) is 19.1 Å². The summed E-state index contributed by atoms with van der Waals surface area (Å²) in [5.74, 6) is 0.146. The number of amides is 1. The van der Waals surface area contributed by atoms with Crippen LogP contribution in [0.25, 0.3) is 0 Å². The summed E-state index contributed by atoms with van der Waals surface area (Å²) >= 11 is 0. The van der Waals surface area contributed by atoms with Crippen molar-refractivity contribution in [1.29, 1.82) is 0 Å². The molecule has 1 heterocycles. The number of aromatic hydroxyl groups is 1. The molecule has 0 aliphatic carbocycles. The molecule has 0 atom stereocenters. The molecular formula is C24H33N5O2. The van der Waals surface area contributed by atoms with Crippen LogP contribution in [0.2, 0.25) is 0 Å². The number of nitrogens with zero attached hydrogens (tertiary/aromatic N) is 3. The number of carbonyl (C=O) groups is 1. The van der Waals surface area contributed by atoms with Crippen LogP contribution in [0.1, 0.15) is 38.4 Å². The van der Waals surface area contributed by atoms with Crippen molar-refractivity contribution >= 4 is 28.8 Å². The van der Waals surface area contributed by atoms with Crippen molar-refractivity contribution in [2.75, 3.05) is 23.0 Å². The number of hydrogen-bond acceptors (Lipinski definition) is 6. The number of nitrogens with two attached hydrogens (primary N) is 1. The first-order valence-corrected chi connectivity index (χ1v) is 10.2. The topological polar surface area (TPSA) is 104 Å². The molecule has 7 nitrogen and oxygen atoms in total. The third-order valence-corrected chi connectivity index (χ3v) is 3.99. The minimum Gasteiger partial charge on any atom is -0.508 e. The average Bonchev–Trinajstić information content (AvgIpc) is 2.72. The van der Waals surface area contributed by atoms with Gasteiger partial charge in [0.25, 0.3) is 0 Å². The molecule has 0 unspecified atom stereocenters. The van der Waals surface area contributed by atoms with Gasteiger partial charge in [-0.3, -0.25) is 9.69 Å². The number of aryl methyl sites for hydroxylation is 2. The molecule has 0 aliphatic rings. The van der Waals surface area contributed by atoms with E-state index in [4.69, 9.17) is 5.73 Å². The third-order valence-electron chi connectivity index (χ3n) is 3.99. The number of nitrogen functional groups attached to an aromatic ring is 1. The molecule has 0 bridgehead atoms. The van der Waals surface area contributed by atoms with E-state index in [-0.39, 0.29) is 17.5 Å². The lowest BCUT2D eigenvalue weighted by Gasteiger charge is -2.23. The fourth-order valence-electron chi connectivity index (χ4n) is 2.63. The van der Waals surface area contributed by atoms with Gasteiger partial charge in [-0.15, -0.1) is 0 Å². The number of phenols is 1. The van der Waals surface area contributed by atoms with E-state index in [0.29, 0.717) is 17.1 Å². The molecule has 4 N–H and O–H groups in total. The molecule has 166 valence electrons. The predicted octanol–water partition coefficient (Wildman–Crippen LogP) is 5.21. The largest absolute Gasteiger partial charge is 0.508 e. The van der Waals surface area contributed by atoms with Gasteiger partial charge in [-0.1, -0.05) is 32.4 Å². The van der Waals surface area contributed by atoms with Crippen molar-refractivity contribution in [1.82, 2.24) is 9.97 Å². The number of benzene rings is 2. The molecule has 1 amide bonds. The quantitative estimate of drug-likeness (QED) is 0.534. The first kappa shape index (κ1) is 25.4. The fraction of sp³-hybridized carbons (Fsp3) is 0.292. The SMILES string of the molecule is CC(=O)N(c1ccc(O)cc1)c1c(C)ncnc1N.CCC.CNc1cccc(C)c1. The predicted molar refractivity (Wildman–Crippen MR) is 129 cm³/mol. The zero-order valence-corrected chi connectivity index (χ0v) is 19.2. The number of hydrogen-bond donors (Lipinski definition) is 3. The van der Waals surface area contributed by atoms with Crippen LogP contribution < -0.4 is 16.0 Å². The summed E-state index contributed by atoms with van der Waals surface area (Å²) < 4.78 is 0. The lowest BCUT2D eigenvalue weighted by molar-refractivity contribution is -0.115. The Morgan fingerprint density at radius 3 is 2.16 bits per heavy atom.